The summed E-state index contributed by atoms with van der Waals surface area (Å²) in [6.45, 7) is 0.260. The summed E-state index contributed by atoms with van der Waals surface area (Å²) >= 11 is 5.80. The lowest BCUT2D eigenvalue weighted by molar-refractivity contribution is -0.123. The molecule has 0 aromatic heterocycles. The van der Waals surface area contributed by atoms with Gasteiger partial charge in [-0.1, -0.05) is 29.8 Å². The maximum Gasteiger partial charge on any atom is 0.257 e. The molecule has 21 heavy (non-hydrogen) atoms. The summed E-state index contributed by atoms with van der Waals surface area (Å²) in [4.78, 5) is 11.6. The summed E-state index contributed by atoms with van der Waals surface area (Å²) < 4.78 is 18.8. The molecule has 0 aliphatic rings. The van der Waals surface area contributed by atoms with Crippen molar-refractivity contribution in [3.63, 3.8) is 0 Å². The highest BCUT2D eigenvalue weighted by atomic mass is 35.5. The van der Waals surface area contributed by atoms with Gasteiger partial charge in [-0.15, -0.1) is 0 Å². The number of benzene rings is 2. The van der Waals surface area contributed by atoms with Gasteiger partial charge in [0.1, 0.15) is 11.6 Å². The van der Waals surface area contributed by atoms with E-state index in [1.807, 2.05) is 18.2 Å². The van der Waals surface area contributed by atoms with Crippen molar-refractivity contribution in [3.8, 4) is 5.75 Å². The summed E-state index contributed by atoms with van der Waals surface area (Å²) in [5.74, 6) is 0.0593. The molecular weight excluding hydrogens is 293 g/mol. The SMILES string of the molecule is O=C(COc1ccccc1)NCCc1cc(Cl)ccc1F. The van der Waals surface area contributed by atoms with E-state index >= 15 is 0 Å². The fourth-order valence-electron chi connectivity index (χ4n) is 1.79. The molecule has 0 spiro atoms. The van der Waals surface area contributed by atoms with E-state index in [1.165, 1.54) is 12.1 Å². The Balaban J connectivity index is 1.73. The number of para-hydroxylation sites is 1. The second-order valence-electron chi connectivity index (χ2n) is 4.44. The maximum atomic E-state index is 13.5. The van der Waals surface area contributed by atoms with Crippen LogP contribution in [0.2, 0.25) is 5.02 Å². The topological polar surface area (TPSA) is 38.3 Å². The zero-order chi connectivity index (χ0) is 15.1. The highest BCUT2D eigenvalue weighted by Gasteiger charge is 2.05. The third-order valence-corrected chi connectivity index (χ3v) is 3.07. The first-order chi connectivity index (χ1) is 10.1. The molecule has 1 N–H and O–H groups in total. The normalized spacial score (nSPS) is 10.2. The van der Waals surface area contributed by atoms with Crippen molar-refractivity contribution < 1.29 is 13.9 Å². The van der Waals surface area contributed by atoms with Crippen molar-refractivity contribution in [1.82, 2.24) is 5.32 Å². The third kappa shape index (κ3) is 5.08. The predicted octanol–water partition coefficient (Wildman–Crippen LogP) is 3.22. The standard InChI is InChI=1S/C16H15ClFNO2/c17-13-6-7-15(18)12(10-13)8-9-19-16(20)11-21-14-4-2-1-3-5-14/h1-7,10H,8-9,11H2,(H,19,20). The van der Waals surface area contributed by atoms with Crippen LogP contribution in [0.5, 0.6) is 5.75 Å². The Morgan fingerprint density at radius 3 is 2.71 bits per heavy atom. The monoisotopic (exact) mass is 307 g/mol. The number of rotatable bonds is 6. The van der Waals surface area contributed by atoms with Crippen molar-refractivity contribution in [2.24, 2.45) is 0 Å². The molecule has 0 radical (unpaired) electrons. The molecule has 1 amide bonds. The van der Waals surface area contributed by atoms with Gasteiger partial charge in [0.15, 0.2) is 6.61 Å². The van der Waals surface area contributed by atoms with E-state index in [0.29, 0.717) is 29.3 Å². The second-order valence-corrected chi connectivity index (χ2v) is 4.87. The number of halogens is 2. The van der Waals surface area contributed by atoms with Crippen LogP contribution in [-0.4, -0.2) is 19.1 Å². The molecule has 2 aromatic carbocycles. The molecule has 110 valence electrons. The molecule has 5 heteroatoms. The van der Waals surface area contributed by atoms with Gasteiger partial charge in [0.25, 0.3) is 5.91 Å². The Hall–Kier alpha value is -2.07. The maximum absolute atomic E-state index is 13.5. The van der Waals surface area contributed by atoms with Crippen LogP contribution in [0, 0.1) is 5.82 Å². The first-order valence-corrected chi connectivity index (χ1v) is 6.91. The summed E-state index contributed by atoms with van der Waals surface area (Å²) in [6, 6.07) is 13.4. The minimum absolute atomic E-state index is 0.0674. The number of hydrogen-bond acceptors (Lipinski definition) is 2. The summed E-state index contributed by atoms with van der Waals surface area (Å²) in [5, 5.41) is 3.15. The van der Waals surface area contributed by atoms with Crippen LogP contribution < -0.4 is 10.1 Å². The van der Waals surface area contributed by atoms with Crippen LogP contribution in [0.25, 0.3) is 0 Å². The van der Waals surface area contributed by atoms with Crippen molar-refractivity contribution in [3.05, 3.63) is 64.9 Å². The van der Waals surface area contributed by atoms with Crippen molar-refractivity contribution in [1.29, 1.82) is 0 Å². The van der Waals surface area contributed by atoms with Gasteiger partial charge >= 0.3 is 0 Å². The largest absolute Gasteiger partial charge is 0.484 e. The molecule has 0 saturated heterocycles. The Bertz CT molecular complexity index is 604. The van der Waals surface area contributed by atoms with Crippen LogP contribution in [0.3, 0.4) is 0 Å². The average molecular weight is 308 g/mol. The van der Waals surface area contributed by atoms with E-state index in [4.69, 9.17) is 16.3 Å². The number of carbonyl (C=O) groups excluding carboxylic acids is 1. The van der Waals surface area contributed by atoms with Gasteiger partial charge in [-0.05, 0) is 42.3 Å². The lowest BCUT2D eigenvalue weighted by Crippen LogP contribution is -2.30. The Morgan fingerprint density at radius 2 is 1.95 bits per heavy atom. The first kappa shape index (κ1) is 15.3. The number of hydrogen-bond donors (Lipinski definition) is 1. The molecule has 0 bridgehead atoms. The van der Waals surface area contributed by atoms with Gasteiger partial charge in [0.05, 0.1) is 0 Å². The molecule has 0 atom stereocenters. The van der Waals surface area contributed by atoms with Crippen LogP contribution in [0.15, 0.2) is 48.5 Å². The second kappa shape index (κ2) is 7.64. The van der Waals surface area contributed by atoms with Gasteiger partial charge in [-0.2, -0.15) is 0 Å². The minimum atomic E-state index is -0.325. The van der Waals surface area contributed by atoms with Crippen LogP contribution in [-0.2, 0) is 11.2 Å². The van der Waals surface area contributed by atoms with Gasteiger partial charge in [0.2, 0.25) is 0 Å². The van der Waals surface area contributed by atoms with E-state index in [0.717, 1.165) is 0 Å². The van der Waals surface area contributed by atoms with E-state index in [-0.39, 0.29) is 18.3 Å². The van der Waals surface area contributed by atoms with Crippen LogP contribution in [0.4, 0.5) is 4.39 Å². The molecule has 2 rings (SSSR count). The van der Waals surface area contributed by atoms with Gasteiger partial charge in [-0.25, -0.2) is 4.39 Å². The van der Waals surface area contributed by atoms with Crippen LogP contribution in [0.1, 0.15) is 5.56 Å². The van der Waals surface area contributed by atoms with Gasteiger partial charge in [-0.3, -0.25) is 4.79 Å². The lowest BCUT2D eigenvalue weighted by Gasteiger charge is -2.08. The summed E-state index contributed by atoms with van der Waals surface area (Å²) in [6.07, 6.45) is 0.378. The number of carbonyl (C=O) groups is 1. The number of nitrogens with one attached hydrogen (secondary N) is 1. The molecule has 0 saturated carbocycles. The Morgan fingerprint density at radius 1 is 1.19 bits per heavy atom. The Labute approximate surface area is 127 Å². The first-order valence-electron chi connectivity index (χ1n) is 6.53. The van der Waals surface area contributed by atoms with Crippen LogP contribution >= 0.6 is 11.6 Å². The fourth-order valence-corrected chi connectivity index (χ4v) is 1.98. The molecule has 0 fully saturated rings. The lowest BCUT2D eigenvalue weighted by atomic mass is 10.1. The molecule has 3 nitrogen and oxygen atoms in total. The van der Waals surface area contributed by atoms with Crippen molar-refractivity contribution in [2.45, 2.75) is 6.42 Å². The molecular formula is C16H15ClFNO2. The zero-order valence-electron chi connectivity index (χ0n) is 11.3. The average Bonchev–Trinajstić information content (AvgIpc) is 2.50. The quantitative estimate of drug-likeness (QED) is 0.890. The molecule has 2 aromatic rings. The van der Waals surface area contributed by atoms with Gasteiger partial charge < -0.3 is 10.1 Å². The van der Waals surface area contributed by atoms with E-state index in [1.54, 1.807) is 18.2 Å². The van der Waals surface area contributed by atoms with E-state index < -0.39 is 0 Å². The highest BCUT2D eigenvalue weighted by molar-refractivity contribution is 6.30. The smallest absolute Gasteiger partial charge is 0.257 e. The Kier molecular flexibility index (Phi) is 5.58. The van der Waals surface area contributed by atoms with Crippen molar-refractivity contribution >= 4 is 17.5 Å². The van der Waals surface area contributed by atoms with E-state index in [2.05, 4.69) is 5.32 Å². The minimum Gasteiger partial charge on any atom is -0.484 e. The molecule has 0 aliphatic carbocycles. The third-order valence-electron chi connectivity index (χ3n) is 2.84. The predicted molar refractivity (Wildman–Crippen MR) is 80.1 cm³/mol. The zero-order valence-corrected chi connectivity index (χ0v) is 12.1. The summed E-state index contributed by atoms with van der Waals surface area (Å²) in [5.41, 5.74) is 0.478. The molecule has 0 heterocycles. The van der Waals surface area contributed by atoms with E-state index in [9.17, 15) is 9.18 Å². The van der Waals surface area contributed by atoms with Gasteiger partial charge in [0, 0.05) is 11.6 Å². The summed E-state index contributed by atoms with van der Waals surface area (Å²) in [7, 11) is 0. The number of amides is 1. The highest BCUT2D eigenvalue weighted by Crippen LogP contribution is 2.15. The van der Waals surface area contributed by atoms with Crippen molar-refractivity contribution in [2.75, 3.05) is 13.2 Å². The number of ether oxygens (including phenoxy) is 1. The molecule has 0 aliphatic heterocycles. The fraction of sp³-hybridized carbons (Fsp3) is 0.188. The molecule has 0 unspecified atom stereocenters.